The van der Waals surface area contributed by atoms with E-state index < -0.39 is 0 Å². The van der Waals surface area contributed by atoms with Crippen LogP contribution in [0.15, 0.2) is 132 Å². The molecule has 0 N–H and O–H groups in total. The Morgan fingerprint density at radius 3 is 2.20 bits per heavy atom. The number of benzene rings is 7. The summed E-state index contributed by atoms with van der Waals surface area (Å²) in [5.41, 5.74) is 16.2. The number of hydrogen-bond acceptors (Lipinski definition) is 1. The van der Waals surface area contributed by atoms with Gasteiger partial charge in [-0.05, 0) is 91.7 Å². The van der Waals surface area contributed by atoms with E-state index in [1.54, 1.807) is 0 Å². The van der Waals surface area contributed by atoms with Crippen LogP contribution >= 0.6 is 0 Å². The monoisotopic (exact) mass is 573 g/mol. The Hall–Kier alpha value is -5.60. The van der Waals surface area contributed by atoms with Gasteiger partial charge in [0.25, 0.3) is 0 Å². The Bertz CT molecular complexity index is 2790. The lowest BCUT2D eigenvalue weighted by atomic mass is 9.81. The van der Waals surface area contributed by atoms with Gasteiger partial charge in [-0.15, -0.1) is 0 Å². The van der Waals surface area contributed by atoms with E-state index in [-0.39, 0.29) is 5.41 Å². The zero-order chi connectivity index (χ0) is 29.6. The molecule has 2 nitrogen and oxygen atoms in total. The highest BCUT2D eigenvalue weighted by Crippen LogP contribution is 2.59. The van der Waals surface area contributed by atoms with Gasteiger partial charge in [0.2, 0.25) is 0 Å². The van der Waals surface area contributed by atoms with Gasteiger partial charge in [0.05, 0.1) is 11.0 Å². The second kappa shape index (κ2) is 7.91. The van der Waals surface area contributed by atoms with Crippen LogP contribution in [0.2, 0.25) is 0 Å². The van der Waals surface area contributed by atoms with Gasteiger partial charge >= 0.3 is 0 Å². The van der Waals surface area contributed by atoms with Crippen molar-refractivity contribution in [2.45, 2.75) is 19.3 Å². The van der Waals surface area contributed by atoms with E-state index in [9.17, 15) is 0 Å². The van der Waals surface area contributed by atoms with Crippen molar-refractivity contribution in [2.24, 2.45) is 0 Å². The van der Waals surface area contributed by atoms with Gasteiger partial charge in [-0.25, -0.2) is 0 Å². The minimum absolute atomic E-state index is 0.0440. The molecule has 11 rings (SSSR count). The van der Waals surface area contributed by atoms with Crippen LogP contribution in [0, 0.1) is 0 Å². The van der Waals surface area contributed by atoms with Gasteiger partial charge in [0.15, 0.2) is 0 Å². The quantitative estimate of drug-likeness (QED) is 0.201. The summed E-state index contributed by atoms with van der Waals surface area (Å²) in [5, 5.41) is 7.73. The molecule has 2 aromatic heterocycles. The van der Waals surface area contributed by atoms with Crippen molar-refractivity contribution in [3.05, 3.63) is 139 Å². The van der Waals surface area contributed by atoms with E-state index >= 15 is 0 Å². The van der Waals surface area contributed by atoms with E-state index in [0.717, 1.165) is 22.2 Å². The first kappa shape index (κ1) is 23.8. The Kier molecular flexibility index (Phi) is 4.19. The first-order valence-electron chi connectivity index (χ1n) is 15.8. The average molecular weight is 574 g/mol. The summed E-state index contributed by atoms with van der Waals surface area (Å²) >= 11 is 0. The van der Waals surface area contributed by atoms with Crippen LogP contribution < -0.4 is 0 Å². The molecule has 0 spiro atoms. The second-order valence-electron chi connectivity index (χ2n) is 13.3. The highest BCUT2D eigenvalue weighted by Gasteiger charge is 2.40. The summed E-state index contributed by atoms with van der Waals surface area (Å²) in [6.07, 6.45) is 0. The summed E-state index contributed by atoms with van der Waals surface area (Å²) in [7, 11) is 0. The molecule has 0 saturated heterocycles. The Morgan fingerprint density at radius 2 is 1.24 bits per heavy atom. The van der Waals surface area contributed by atoms with Crippen molar-refractivity contribution in [1.29, 1.82) is 0 Å². The fraction of sp³-hybridized carbons (Fsp3) is 0.0698. The number of furan rings is 1. The molecule has 0 amide bonds. The molecule has 7 aromatic carbocycles. The summed E-state index contributed by atoms with van der Waals surface area (Å²) < 4.78 is 8.74. The normalized spacial score (nSPS) is 14.2. The lowest BCUT2D eigenvalue weighted by Crippen LogP contribution is -2.14. The first-order chi connectivity index (χ1) is 22.1. The van der Waals surface area contributed by atoms with E-state index in [2.05, 4.69) is 140 Å². The van der Waals surface area contributed by atoms with Gasteiger partial charge in [0.1, 0.15) is 11.2 Å². The number of hydrogen-bond donors (Lipinski definition) is 0. The van der Waals surface area contributed by atoms with E-state index in [0.29, 0.717) is 0 Å². The molecule has 45 heavy (non-hydrogen) atoms. The summed E-state index contributed by atoms with van der Waals surface area (Å²) in [6, 6.07) is 47.0. The maximum Gasteiger partial charge on any atom is 0.136 e. The molecule has 210 valence electrons. The second-order valence-corrected chi connectivity index (χ2v) is 13.3. The van der Waals surface area contributed by atoms with Crippen LogP contribution in [0.3, 0.4) is 0 Å². The van der Waals surface area contributed by atoms with Crippen LogP contribution in [-0.2, 0) is 5.41 Å². The SMILES string of the molecule is CC1(C)c2cccc3c2-c2c1ccc1ccc4c(c21)c1c-3cccc1n4-c1cccc(-c2cccc3oc4ccccc4c23)c1. The van der Waals surface area contributed by atoms with E-state index in [1.165, 1.54) is 82.5 Å². The molecule has 0 bridgehead atoms. The summed E-state index contributed by atoms with van der Waals surface area (Å²) in [6.45, 7) is 4.77. The molecule has 2 heteroatoms. The minimum atomic E-state index is -0.0440. The maximum absolute atomic E-state index is 6.26. The van der Waals surface area contributed by atoms with Gasteiger partial charge in [-0.1, -0.05) is 105 Å². The first-order valence-corrected chi connectivity index (χ1v) is 15.8. The van der Waals surface area contributed by atoms with Crippen molar-refractivity contribution >= 4 is 54.5 Å². The third-order valence-corrected chi connectivity index (χ3v) is 10.7. The number of fused-ring (bicyclic) bond motifs is 4. The molecule has 0 saturated carbocycles. The molecule has 2 aliphatic rings. The lowest BCUT2D eigenvalue weighted by Gasteiger charge is -2.22. The smallest absolute Gasteiger partial charge is 0.136 e. The van der Waals surface area contributed by atoms with Crippen molar-refractivity contribution in [1.82, 2.24) is 4.57 Å². The minimum Gasteiger partial charge on any atom is -0.456 e. The van der Waals surface area contributed by atoms with Crippen LogP contribution in [0.5, 0.6) is 0 Å². The number of rotatable bonds is 2. The predicted molar refractivity (Wildman–Crippen MR) is 188 cm³/mol. The van der Waals surface area contributed by atoms with E-state index in [1.807, 2.05) is 6.07 Å². The third-order valence-electron chi connectivity index (χ3n) is 10.7. The predicted octanol–water partition coefficient (Wildman–Crippen LogP) is 11.8. The third kappa shape index (κ3) is 2.78. The topological polar surface area (TPSA) is 18.1 Å². The van der Waals surface area contributed by atoms with Gasteiger partial charge < -0.3 is 8.98 Å². The molecule has 2 heterocycles. The molecule has 0 atom stereocenters. The molecule has 0 fully saturated rings. The zero-order valence-electron chi connectivity index (χ0n) is 25.0. The van der Waals surface area contributed by atoms with Crippen LogP contribution in [0.25, 0.3) is 93.6 Å². The molecule has 2 aliphatic carbocycles. The maximum atomic E-state index is 6.26. The highest BCUT2D eigenvalue weighted by molar-refractivity contribution is 6.31. The molecule has 9 aromatic rings. The van der Waals surface area contributed by atoms with Crippen LogP contribution in [0.4, 0.5) is 0 Å². The van der Waals surface area contributed by atoms with Crippen molar-refractivity contribution in [3.63, 3.8) is 0 Å². The highest BCUT2D eigenvalue weighted by atomic mass is 16.3. The molecule has 0 unspecified atom stereocenters. The number of aromatic nitrogens is 1. The average Bonchev–Trinajstić information content (AvgIpc) is 3.67. The van der Waals surface area contributed by atoms with Crippen LogP contribution in [-0.4, -0.2) is 4.57 Å². The van der Waals surface area contributed by atoms with Crippen molar-refractivity contribution in [2.75, 3.05) is 0 Å². The number of para-hydroxylation sites is 1. The fourth-order valence-electron chi connectivity index (χ4n) is 8.79. The molecule has 0 aliphatic heterocycles. The van der Waals surface area contributed by atoms with Gasteiger partial charge in [0, 0.05) is 32.6 Å². The largest absolute Gasteiger partial charge is 0.456 e. The van der Waals surface area contributed by atoms with Crippen molar-refractivity contribution in [3.8, 4) is 39.1 Å². The van der Waals surface area contributed by atoms with E-state index in [4.69, 9.17) is 4.42 Å². The standard InChI is InChI=1S/C43H27NO/c1-43(2)31-15-6-13-28-29-14-7-16-33-40(29)42-34(22-20-24-19-21-32(43)41(37(24)42)39(28)31)44(33)26-10-5-9-25(23-26)27-12-8-18-36-38(27)30-11-3-4-17-35(30)45-36/h3-23H,1-2H3. The zero-order valence-corrected chi connectivity index (χ0v) is 25.0. The Morgan fingerprint density at radius 1 is 0.511 bits per heavy atom. The Balaban J connectivity index is 1.26. The lowest BCUT2D eigenvalue weighted by molar-refractivity contribution is 0.661. The molecular formula is C43H27NO. The fourth-order valence-corrected chi connectivity index (χ4v) is 8.79. The van der Waals surface area contributed by atoms with Gasteiger partial charge in [-0.2, -0.15) is 0 Å². The van der Waals surface area contributed by atoms with Crippen LogP contribution in [0.1, 0.15) is 25.0 Å². The summed E-state index contributed by atoms with van der Waals surface area (Å²) in [5.74, 6) is 0. The van der Waals surface area contributed by atoms with Gasteiger partial charge in [-0.3, -0.25) is 0 Å². The molecule has 0 radical (unpaired) electrons. The number of nitrogens with zero attached hydrogens (tertiary/aromatic N) is 1. The summed E-state index contributed by atoms with van der Waals surface area (Å²) in [4.78, 5) is 0. The van der Waals surface area contributed by atoms with Crippen molar-refractivity contribution < 1.29 is 4.42 Å². The Labute approximate surface area is 259 Å². The molecular weight excluding hydrogens is 546 g/mol.